The Labute approximate surface area is 140 Å². The van der Waals surface area contributed by atoms with Gasteiger partial charge in [-0.3, -0.25) is 0 Å². The van der Waals surface area contributed by atoms with Crippen LogP contribution in [0.3, 0.4) is 0 Å². The highest BCUT2D eigenvalue weighted by Gasteiger charge is 2.11. The van der Waals surface area contributed by atoms with E-state index in [0.717, 1.165) is 0 Å². The Hall–Kier alpha value is -3.88. The van der Waals surface area contributed by atoms with Crippen molar-refractivity contribution in [2.45, 2.75) is 0 Å². The number of hydrogen-bond acceptors (Lipinski definition) is 7. The van der Waals surface area contributed by atoms with Crippen LogP contribution in [0.5, 0.6) is 23.4 Å². The molecule has 2 aromatic heterocycles. The highest BCUT2D eigenvalue weighted by molar-refractivity contribution is 5.37. The second-order valence-corrected chi connectivity index (χ2v) is 5.02. The molecule has 0 atom stereocenters. The van der Waals surface area contributed by atoms with E-state index in [1.54, 1.807) is 48.5 Å². The van der Waals surface area contributed by atoms with Crippen LogP contribution in [-0.4, -0.2) is 10.5 Å². The normalized spacial score (nSPS) is 10.7. The van der Waals surface area contributed by atoms with Gasteiger partial charge in [-0.15, -0.1) is 0 Å². The Morgan fingerprint density at radius 3 is 1.40 bits per heavy atom. The summed E-state index contributed by atoms with van der Waals surface area (Å²) in [6.07, 6.45) is 2.48. The highest BCUT2D eigenvalue weighted by Crippen LogP contribution is 2.22. The number of hydrogen-bond donors (Lipinski definition) is 0. The maximum atomic E-state index is 11.0. The quantitative estimate of drug-likeness (QED) is 0.487. The molecule has 0 saturated heterocycles. The minimum Gasteiger partial charge on any atom is -0.539 e. The van der Waals surface area contributed by atoms with Gasteiger partial charge in [-0.1, -0.05) is 0 Å². The lowest BCUT2D eigenvalue weighted by Crippen LogP contribution is -2.31. The lowest BCUT2D eigenvalue weighted by Gasteiger charge is -2.04. The lowest BCUT2D eigenvalue weighted by atomic mass is 10.3. The Morgan fingerprint density at radius 1 is 0.680 bits per heavy atom. The second-order valence-electron chi connectivity index (χ2n) is 5.02. The zero-order chi connectivity index (χ0) is 17.2. The third-order valence-corrected chi connectivity index (χ3v) is 3.33. The summed E-state index contributed by atoms with van der Waals surface area (Å²) in [7, 11) is 0. The van der Waals surface area contributed by atoms with Crippen LogP contribution >= 0.6 is 0 Å². The smallest absolute Gasteiger partial charge is 0.239 e. The van der Waals surface area contributed by atoms with E-state index >= 15 is 0 Å². The molecule has 124 valence electrons. The van der Waals surface area contributed by atoms with Crippen molar-refractivity contribution in [2.75, 3.05) is 0 Å². The van der Waals surface area contributed by atoms with Crippen LogP contribution in [0.25, 0.3) is 11.4 Å². The first-order valence-electron chi connectivity index (χ1n) is 7.17. The van der Waals surface area contributed by atoms with E-state index in [2.05, 4.69) is 19.6 Å². The number of nitrogens with zero attached hydrogens (tertiary/aromatic N) is 4. The largest absolute Gasteiger partial charge is 0.539 e. The van der Waals surface area contributed by atoms with Crippen molar-refractivity contribution >= 4 is 0 Å². The van der Waals surface area contributed by atoms with Crippen LogP contribution in [0.15, 0.2) is 70.0 Å². The zero-order valence-electron chi connectivity index (χ0n) is 12.6. The highest BCUT2D eigenvalue weighted by atomic mass is 16.6. The average Bonchev–Trinajstić information content (AvgIpc) is 3.25. The Bertz CT molecular complexity index is 910. The van der Waals surface area contributed by atoms with E-state index in [1.165, 1.54) is 21.8 Å². The molecule has 0 amide bonds. The maximum absolute atomic E-state index is 11.0. The summed E-state index contributed by atoms with van der Waals surface area (Å²) >= 11 is 0. The van der Waals surface area contributed by atoms with Crippen molar-refractivity contribution in [3.8, 4) is 34.8 Å². The number of rotatable bonds is 4. The van der Waals surface area contributed by atoms with E-state index in [4.69, 9.17) is 4.74 Å². The minimum absolute atomic E-state index is 0.519. The molecule has 9 heteroatoms. The molecular formula is C16H10N4O5. The predicted octanol–water partition coefficient (Wildman–Crippen LogP) is 0.155. The van der Waals surface area contributed by atoms with Crippen LogP contribution in [0.1, 0.15) is 0 Å². The van der Waals surface area contributed by atoms with Crippen molar-refractivity contribution in [3.63, 3.8) is 0 Å². The molecule has 0 aliphatic rings. The van der Waals surface area contributed by atoms with Gasteiger partial charge in [0, 0.05) is 24.3 Å². The van der Waals surface area contributed by atoms with Gasteiger partial charge in [-0.05, 0) is 33.6 Å². The third-order valence-electron chi connectivity index (χ3n) is 3.33. The van der Waals surface area contributed by atoms with Gasteiger partial charge < -0.3 is 24.0 Å². The molecule has 0 bridgehead atoms. The lowest BCUT2D eigenvalue weighted by molar-refractivity contribution is -0.670. The molecule has 0 N–H and O–H groups in total. The first kappa shape index (κ1) is 14.7. The topological polar surface area (TPSA) is 115 Å². The fourth-order valence-electron chi connectivity index (χ4n) is 2.18. The second kappa shape index (κ2) is 5.96. The number of benzene rings is 2. The SMILES string of the molecule is [O-]c1c[n+](-c2ccc(Oc3ccc(-[n+]4cc([O-])on4)cc3)cc2)no1. The van der Waals surface area contributed by atoms with E-state index in [-0.39, 0.29) is 0 Å². The summed E-state index contributed by atoms with van der Waals surface area (Å²) in [5.41, 5.74) is 1.34. The average molecular weight is 338 g/mol. The van der Waals surface area contributed by atoms with Gasteiger partial charge in [0.05, 0.1) is 10.5 Å². The molecule has 4 aromatic rings. The van der Waals surface area contributed by atoms with Crippen molar-refractivity contribution in [3.05, 3.63) is 60.9 Å². The van der Waals surface area contributed by atoms with E-state index < -0.39 is 11.9 Å². The molecule has 0 aliphatic heterocycles. The van der Waals surface area contributed by atoms with E-state index in [1.807, 2.05) is 0 Å². The van der Waals surface area contributed by atoms with Crippen molar-refractivity contribution in [2.24, 2.45) is 0 Å². The molecule has 4 rings (SSSR count). The maximum Gasteiger partial charge on any atom is 0.239 e. The van der Waals surface area contributed by atoms with Gasteiger partial charge in [0.25, 0.3) is 0 Å². The minimum atomic E-state index is -0.519. The van der Waals surface area contributed by atoms with Crippen LogP contribution in [0.2, 0.25) is 0 Å². The summed E-state index contributed by atoms with van der Waals surface area (Å²) in [6, 6.07) is 13.9. The van der Waals surface area contributed by atoms with Gasteiger partial charge in [0.2, 0.25) is 23.8 Å². The first-order chi connectivity index (χ1) is 12.2. The molecule has 25 heavy (non-hydrogen) atoms. The van der Waals surface area contributed by atoms with Gasteiger partial charge in [0.15, 0.2) is 0 Å². The Morgan fingerprint density at radius 2 is 1.08 bits per heavy atom. The predicted molar refractivity (Wildman–Crippen MR) is 75.0 cm³/mol. The molecule has 0 radical (unpaired) electrons. The van der Waals surface area contributed by atoms with Gasteiger partial charge in [-0.2, -0.15) is 0 Å². The number of aromatic nitrogens is 4. The molecule has 2 heterocycles. The Kier molecular flexibility index (Phi) is 3.51. The molecule has 9 nitrogen and oxygen atoms in total. The molecule has 0 spiro atoms. The first-order valence-corrected chi connectivity index (χ1v) is 7.17. The van der Waals surface area contributed by atoms with Gasteiger partial charge in [-0.25, -0.2) is 0 Å². The summed E-state index contributed by atoms with van der Waals surface area (Å²) < 4.78 is 17.4. The molecule has 0 fully saturated rings. The van der Waals surface area contributed by atoms with Gasteiger partial charge >= 0.3 is 0 Å². The van der Waals surface area contributed by atoms with Gasteiger partial charge in [0.1, 0.15) is 23.4 Å². The monoisotopic (exact) mass is 338 g/mol. The summed E-state index contributed by atoms with van der Waals surface area (Å²) in [6.45, 7) is 0. The van der Waals surface area contributed by atoms with Crippen LogP contribution in [0, 0.1) is 0 Å². The van der Waals surface area contributed by atoms with E-state index in [0.29, 0.717) is 22.9 Å². The number of ether oxygens (including phenoxy) is 1. The van der Waals surface area contributed by atoms with Crippen molar-refractivity contribution in [1.82, 2.24) is 10.5 Å². The third kappa shape index (κ3) is 3.11. The Balaban J connectivity index is 1.48. The van der Waals surface area contributed by atoms with Crippen LogP contribution in [-0.2, 0) is 0 Å². The summed E-state index contributed by atoms with van der Waals surface area (Å²) in [5.74, 6) is 0.182. The summed E-state index contributed by atoms with van der Waals surface area (Å²) in [5, 5.41) is 29.2. The van der Waals surface area contributed by atoms with Crippen LogP contribution < -0.4 is 24.3 Å². The molecule has 0 aliphatic carbocycles. The van der Waals surface area contributed by atoms with E-state index in [9.17, 15) is 10.2 Å². The van der Waals surface area contributed by atoms with Crippen LogP contribution in [0.4, 0.5) is 0 Å². The summed E-state index contributed by atoms with van der Waals surface area (Å²) in [4.78, 5) is 0. The molecular weight excluding hydrogens is 328 g/mol. The molecule has 0 saturated carbocycles. The molecule has 0 unspecified atom stereocenters. The zero-order valence-corrected chi connectivity index (χ0v) is 12.6. The van der Waals surface area contributed by atoms with Crippen molar-refractivity contribution in [1.29, 1.82) is 0 Å². The molecule has 2 aromatic carbocycles. The van der Waals surface area contributed by atoms with Crippen molar-refractivity contribution < 1.29 is 33.4 Å². The fourth-order valence-corrected chi connectivity index (χ4v) is 2.18. The fraction of sp³-hybridized carbons (Fsp3) is 0. The standard InChI is InChI=1S/C16H10N4O5/c21-15-9-19(17-24-15)11-1-5-13(6-2-11)23-14-7-3-12(4-8-14)20-10-16(22)25-18-20/h1-10H.